The fraction of sp³-hybridized carbons (Fsp3) is 0.333. The van der Waals surface area contributed by atoms with E-state index in [0.29, 0.717) is 18.4 Å². The first-order chi connectivity index (χ1) is 10.2. The summed E-state index contributed by atoms with van der Waals surface area (Å²) in [5.41, 5.74) is 3.32. The molecule has 2 aromatic rings. The number of ether oxygens (including phenoxy) is 1. The Morgan fingerprint density at radius 2 is 1.90 bits per heavy atom. The van der Waals surface area contributed by atoms with Crippen LogP contribution in [0.15, 0.2) is 42.5 Å². The molecule has 1 N–H and O–H groups in total. The van der Waals surface area contributed by atoms with Gasteiger partial charge in [0.25, 0.3) is 0 Å². The van der Waals surface area contributed by atoms with Crippen molar-refractivity contribution in [2.24, 2.45) is 0 Å². The van der Waals surface area contributed by atoms with E-state index in [9.17, 15) is 4.39 Å². The molecule has 0 spiro atoms. The number of nitrogens with one attached hydrogen (secondary N) is 1. The minimum Gasteiger partial charge on any atom is -0.486 e. The molecule has 0 saturated heterocycles. The molecule has 0 aromatic heterocycles. The van der Waals surface area contributed by atoms with Gasteiger partial charge in [0.2, 0.25) is 0 Å². The first-order valence-electron chi connectivity index (χ1n) is 7.41. The average molecular weight is 285 g/mol. The van der Waals surface area contributed by atoms with Crippen LogP contribution in [-0.4, -0.2) is 6.04 Å². The van der Waals surface area contributed by atoms with E-state index in [1.165, 1.54) is 24.5 Å². The average Bonchev–Trinajstić information content (AvgIpc) is 3.31. The number of hydrogen-bond donors (Lipinski definition) is 1. The van der Waals surface area contributed by atoms with Gasteiger partial charge in [0.15, 0.2) is 11.6 Å². The third kappa shape index (κ3) is 3.82. The highest BCUT2D eigenvalue weighted by molar-refractivity contribution is 5.31. The van der Waals surface area contributed by atoms with Gasteiger partial charge in [0.1, 0.15) is 6.61 Å². The van der Waals surface area contributed by atoms with Crippen LogP contribution in [0.4, 0.5) is 4.39 Å². The maximum absolute atomic E-state index is 13.7. The molecule has 0 aliphatic heterocycles. The largest absolute Gasteiger partial charge is 0.486 e. The molecule has 0 amide bonds. The highest BCUT2D eigenvalue weighted by Gasteiger charge is 2.20. The van der Waals surface area contributed by atoms with Crippen molar-refractivity contribution >= 4 is 0 Å². The first-order valence-corrected chi connectivity index (χ1v) is 7.41. The summed E-state index contributed by atoms with van der Waals surface area (Å²) in [6.45, 7) is 3.17. The Hall–Kier alpha value is -1.87. The first kappa shape index (κ1) is 14.1. The van der Waals surface area contributed by atoms with Crippen molar-refractivity contribution in [3.05, 3.63) is 65.0 Å². The Morgan fingerprint density at radius 3 is 2.67 bits per heavy atom. The van der Waals surface area contributed by atoms with Crippen LogP contribution in [-0.2, 0) is 13.2 Å². The monoisotopic (exact) mass is 285 g/mol. The second-order valence-electron chi connectivity index (χ2n) is 5.65. The summed E-state index contributed by atoms with van der Waals surface area (Å²) in [5.74, 6) is 0.00846. The molecule has 0 bridgehead atoms. The summed E-state index contributed by atoms with van der Waals surface area (Å²) in [6.07, 6.45) is 2.54. The molecule has 0 atom stereocenters. The van der Waals surface area contributed by atoms with Crippen LogP contribution >= 0.6 is 0 Å². The SMILES string of the molecule is Cc1ccc(F)c(OCc2ccccc2CNC2CC2)c1. The van der Waals surface area contributed by atoms with Crippen molar-refractivity contribution < 1.29 is 9.13 Å². The molecule has 0 unspecified atom stereocenters. The number of benzene rings is 2. The minimum atomic E-state index is -0.311. The van der Waals surface area contributed by atoms with Gasteiger partial charge in [-0.1, -0.05) is 30.3 Å². The normalized spacial score (nSPS) is 14.2. The van der Waals surface area contributed by atoms with E-state index in [0.717, 1.165) is 17.7 Å². The van der Waals surface area contributed by atoms with Crippen LogP contribution in [0.5, 0.6) is 5.75 Å². The van der Waals surface area contributed by atoms with E-state index >= 15 is 0 Å². The molecule has 1 aliphatic carbocycles. The predicted octanol–water partition coefficient (Wildman–Crippen LogP) is 3.97. The molecule has 21 heavy (non-hydrogen) atoms. The molecule has 0 heterocycles. The molecule has 1 fully saturated rings. The Labute approximate surface area is 125 Å². The Bertz CT molecular complexity index is 622. The zero-order valence-corrected chi connectivity index (χ0v) is 12.2. The van der Waals surface area contributed by atoms with Crippen molar-refractivity contribution in [3.63, 3.8) is 0 Å². The Kier molecular flexibility index (Phi) is 4.20. The maximum atomic E-state index is 13.7. The summed E-state index contributed by atoms with van der Waals surface area (Å²) in [5, 5.41) is 3.50. The fourth-order valence-corrected chi connectivity index (χ4v) is 2.29. The lowest BCUT2D eigenvalue weighted by Gasteiger charge is -2.12. The molecule has 1 aliphatic rings. The van der Waals surface area contributed by atoms with Crippen LogP contribution < -0.4 is 10.1 Å². The summed E-state index contributed by atoms with van der Waals surface area (Å²) in [6, 6.07) is 13.8. The Balaban J connectivity index is 1.67. The minimum absolute atomic E-state index is 0.311. The van der Waals surface area contributed by atoms with Crippen molar-refractivity contribution in [2.45, 2.75) is 39.0 Å². The summed E-state index contributed by atoms with van der Waals surface area (Å²) in [7, 11) is 0. The van der Waals surface area contributed by atoms with E-state index in [4.69, 9.17) is 4.74 Å². The standard InChI is InChI=1S/C18H20FNO/c1-13-6-9-17(19)18(10-13)21-12-15-5-3-2-4-14(15)11-20-16-7-8-16/h2-6,9-10,16,20H,7-8,11-12H2,1H3. The van der Waals surface area contributed by atoms with Crippen molar-refractivity contribution in [2.75, 3.05) is 0 Å². The highest BCUT2D eigenvalue weighted by Crippen LogP contribution is 2.22. The maximum Gasteiger partial charge on any atom is 0.165 e. The lowest BCUT2D eigenvalue weighted by Crippen LogP contribution is -2.17. The van der Waals surface area contributed by atoms with Crippen LogP contribution in [0, 0.1) is 12.7 Å². The highest BCUT2D eigenvalue weighted by atomic mass is 19.1. The molecule has 110 valence electrons. The van der Waals surface area contributed by atoms with Crippen LogP contribution in [0.25, 0.3) is 0 Å². The van der Waals surface area contributed by atoms with Crippen LogP contribution in [0.1, 0.15) is 29.5 Å². The van der Waals surface area contributed by atoms with Gasteiger partial charge < -0.3 is 10.1 Å². The van der Waals surface area contributed by atoms with Crippen molar-refractivity contribution in [1.82, 2.24) is 5.32 Å². The topological polar surface area (TPSA) is 21.3 Å². The van der Waals surface area contributed by atoms with Crippen LogP contribution in [0.2, 0.25) is 0 Å². The third-order valence-corrected chi connectivity index (χ3v) is 3.75. The van der Waals surface area contributed by atoms with Gasteiger partial charge >= 0.3 is 0 Å². The van der Waals surface area contributed by atoms with E-state index in [2.05, 4.69) is 11.4 Å². The number of rotatable bonds is 6. The van der Waals surface area contributed by atoms with E-state index in [1.54, 1.807) is 12.1 Å². The Morgan fingerprint density at radius 1 is 1.14 bits per heavy atom. The zero-order valence-electron chi connectivity index (χ0n) is 12.2. The predicted molar refractivity (Wildman–Crippen MR) is 81.8 cm³/mol. The second-order valence-corrected chi connectivity index (χ2v) is 5.65. The van der Waals surface area contributed by atoms with Gasteiger partial charge in [-0.2, -0.15) is 0 Å². The molecule has 2 nitrogen and oxygen atoms in total. The van der Waals surface area contributed by atoms with Gasteiger partial charge in [-0.15, -0.1) is 0 Å². The number of hydrogen-bond acceptors (Lipinski definition) is 2. The molecule has 3 rings (SSSR count). The lowest BCUT2D eigenvalue weighted by atomic mass is 10.1. The molecule has 0 radical (unpaired) electrons. The van der Waals surface area contributed by atoms with Crippen LogP contribution in [0.3, 0.4) is 0 Å². The number of aryl methyl sites for hydroxylation is 1. The molecule has 3 heteroatoms. The van der Waals surface area contributed by atoms with Crippen molar-refractivity contribution in [3.8, 4) is 5.75 Å². The lowest BCUT2D eigenvalue weighted by molar-refractivity contribution is 0.288. The van der Waals surface area contributed by atoms with E-state index in [-0.39, 0.29) is 5.82 Å². The van der Waals surface area contributed by atoms with Gasteiger partial charge in [0.05, 0.1) is 0 Å². The van der Waals surface area contributed by atoms with Gasteiger partial charge in [0, 0.05) is 12.6 Å². The summed E-state index contributed by atoms with van der Waals surface area (Å²) >= 11 is 0. The van der Waals surface area contributed by atoms with E-state index < -0.39 is 0 Å². The second kappa shape index (κ2) is 6.27. The van der Waals surface area contributed by atoms with Gasteiger partial charge in [-0.05, 0) is 48.6 Å². The molecular formula is C18H20FNO. The summed E-state index contributed by atoms with van der Waals surface area (Å²) < 4.78 is 19.4. The third-order valence-electron chi connectivity index (χ3n) is 3.75. The fourth-order valence-electron chi connectivity index (χ4n) is 2.29. The van der Waals surface area contributed by atoms with E-state index in [1.807, 2.05) is 25.1 Å². The smallest absolute Gasteiger partial charge is 0.165 e. The van der Waals surface area contributed by atoms with Crippen molar-refractivity contribution in [1.29, 1.82) is 0 Å². The summed E-state index contributed by atoms with van der Waals surface area (Å²) in [4.78, 5) is 0. The molecule has 1 saturated carbocycles. The van der Waals surface area contributed by atoms with Gasteiger partial charge in [-0.25, -0.2) is 4.39 Å². The quantitative estimate of drug-likeness (QED) is 0.867. The van der Waals surface area contributed by atoms with Gasteiger partial charge in [-0.3, -0.25) is 0 Å². The molecule has 2 aromatic carbocycles. The number of halogens is 1. The zero-order chi connectivity index (χ0) is 14.7. The molecular weight excluding hydrogens is 265 g/mol.